The summed E-state index contributed by atoms with van der Waals surface area (Å²) in [6.45, 7) is 7.31. The number of unbranched alkanes of at least 4 members (excludes halogenated alkanes) is 2. The Kier molecular flexibility index (Phi) is 6.53. The number of ketones is 3. The van der Waals surface area contributed by atoms with E-state index >= 15 is 0 Å². The minimum absolute atomic E-state index is 0.0920. The third kappa shape index (κ3) is 3.81. The van der Waals surface area contributed by atoms with Gasteiger partial charge in [-0.15, -0.1) is 0 Å². The Hall–Kier alpha value is -1.78. The number of allylic oxidation sites excluding steroid dienone is 1. The Morgan fingerprint density at radius 1 is 1.12 bits per heavy atom. The first-order valence-corrected chi connectivity index (χ1v) is 9.76. The van der Waals surface area contributed by atoms with Crippen molar-refractivity contribution < 1.29 is 23.9 Å². The summed E-state index contributed by atoms with van der Waals surface area (Å²) in [5.74, 6) is -2.26. The van der Waals surface area contributed by atoms with Crippen LogP contribution in [0.2, 0.25) is 0 Å². The average molecular weight is 362 g/mol. The molecule has 5 heteroatoms. The van der Waals surface area contributed by atoms with Gasteiger partial charge in [-0.3, -0.25) is 19.2 Å². The maximum absolute atomic E-state index is 12.9. The van der Waals surface area contributed by atoms with Gasteiger partial charge in [0.25, 0.3) is 0 Å². The lowest BCUT2D eigenvalue weighted by Gasteiger charge is -2.35. The summed E-state index contributed by atoms with van der Waals surface area (Å²) in [5.41, 5.74) is 0.00414. The van der Waals surface area contributed by atoms with Crippen LogP contribution in [0, 0.1) is 11.8 Å². The van der Waals surface area contributed by atoms with Gasteiger partial charge in [0.2, 0.25) is 5.78 Å². The lowest BCUT2D eigenvalue weighted by atomic mass is 9.67. The lowest BCUT2D eigenvalue weighted by molar-refractivity contribution is -0.157. The number of fused-ring (bicyclic) bond motifs is 1. The fourth-order valence-corrected chi connectivity index (χ4v) is 4.18. The minimum atomic E-state index is -1.27. The molecular weight excluding hydrogens is 332 g/mol. The van der Waals surface area contributed by atoms with Gasteiger partial charge in [-0.2, -0.15) is 0 Å². The summed E-state index contributed by atoms with van der Waals surface area (Å²) in [7, 11) is 0. The van der Waals surface area contributed by atoms with E-state index in [0.717, 1.165) is 31.3 Å². The molecule has 0 N–H and O–H groups in total. The monoisotopic (exact) mass is 362 g/mol. The largest absolute Gasteiger partial charge is 0.450 e. The Bertz CT molecular complexity index is 645. The first kappa shape index (κ1) is 20.5. The van der Waals surface area contributed by atoms with Gasteiger partial charge in [-0.1, -0.05) is 32.3 Å². The highest BCUT2D eigenvalue weighted by atomic mass is 16.6. The number of Topliss-reactive ketones (excluding diaryl/α,β-unsaturated/α-hetero) is 3. The molecule has 144 valence electrons. The van der Waals surface area contributed by atoms with Crippen LogP contribution in [-0.4, -0.2) is 28.9 Å². The Morgan fingerprint density at radius 3 is 2.42 bits per heavy atom. The van der Waals surface area contributed by atoms with Gasteiger partial charge in [-0.25, -0.2) is 0 Å². The smallest absolute Gasteiger partial charge is 0.317 e. The summed E-state index contributed by atoms with van der Waals surface area (Å²) in [6, 6.07) is 0. The number of carbonyl (C=O) groups excluding carboxylic acids is 4. The summed E-state index contributed by atoms with van der Waals surface area (Å²) in [6.07, 6.45) is 4.87. The zero-order valence-electron chi connectivity index (χ0n) is 16.4. The molecule has 1 aliphatic heterocycles. The minimum Gasteiger partial charge on any atom is -0.450 e. The van der Waals surface area contributed by atoms with Crippen molar-refractivity contribution in [2.24, 2.45) is 11.8 Å². The van der Waals surface area contributed by atoms with Crippen LogP contribution in [0.15, 0.2) is 11.1 Å². The van der Waals surface area contributed by atoms with Crippen molar-refractivity contribution in [3.05, 3.63) is 11.1 Å². The first-order chi connectivity index (χ1) is 12.3. The molecule has 0 aromatic carbocycles. The molecule has 26 heavy (non-hydrogen) atoms. The topological polar surface area (TPSA) is 77.5 Å². The van der Waals surface area contributed by atoms with Crippen molar-refractivity contribution in [1.82, 2.24) is 0 Å². The molecule has 5 nitrogen and oxygen atoms in total. The summed E-state index contributed by atoms with van der Waals surface area (Å²) < 4.78 is 5.45. The molecule has 1 fully saturated rings. The highest BCUT2D eigenvalue weighted by Gasteiger charge is 2.61. The number of rotatable bonds is 9. The van der Waals surface area contributed by atoms with Gasteiger partial charge >= 0.3 is 5.97 Å². The van der Waals surface area contributed by atoms with E-state index in [0.29, 0.717) is 24.8 Å². The second kappa shape index (κ2) is 8.28. The van der Waals surface area contributed by atoms with E-state index in [-0.39, 0.29) is 23.8 Å². The third-order valence-electron chi connectivity index (χ3n) is 5.78. The molecule has 1 saturated heterocycles. The van der Waals surface area contributed by atoms with Crippen LogP contribution in [0.4, 0.5) is 0 Å². The predicted molar refractivity (Wildman–Crippen MR) is 97.5 cm³/mol. The SMILES string of the molecule is CCCCCC(=O)C1C(=O)OC2(C)C(=O)C(C)=C(CC(=O)CCC)CC12. The van der Waals surface area contributed by atoms with Crippen molar-refractivity contribution in [1.29, 1.82) is 0 Å². The second-order valence-corrected chi connectivity index (χ2v) is 7.76. The van der Waals surface area contributed by atoms with Crippen molar-refractivity contribution in [2.75, 3.05) is 0 Å². The van der Waals surface area contributed by atoms with Crippen molar-refractivity contribution >= 4 is 23.3 Å². The highest BCUT2D eigenvalue weighted by molar-refractivity contribution is 6.10. The van der Waals surface area contributed by atoms with Crippen LogP contribution in [0.1, 0.15) is 79.1 Å². The van der Waals surface area contributed by atoms with E-state index in [9.17, 15) is 19.2 Å². The maximum Gasteiger partial charge on any atom is 0.317 e. The second-order valence-electron chi connectivity index (χ2n) is 7.76. The fourth-order valence-electron chi connectivity index (χ4n) is 4.18. The molecule has 2 aliphatic rings. The lowest BCUT2D eigenvalue weighted by Crippen LogP contribution is -2.47. The van der Waals surface area contributed by atoms with Crippen molar-refractivity contribution in [3.8, 4) is 0 Å². The summed E-state index contributed by atoms with van der Waals surface area (Å²) in [5, 5.41) is 0. The third-order valence-corrected chi connectivity index (χ3v) is 5.78. The van der Waals surface area contributed by atoms with Gasteiger partial charge in [0.1, 0.15) is 17.5 Å². The molecule has 0 amide bonds. The normalized spacial score (nSPS) is 28.2. The van der Waals surface area contributed by atoms with E-state index in [1.54, 1.807) is 13.8 Å². The Labute approximate surface area is 155 Å². The quantitative estimate of drug-likeness (QED) is 0.355. The van der Waals surface area contributed by atoms with E-state index in [4.69, 9.17) is 4.74 Å². The van der Waals surface area contributed by atoms with Gasteiger partial charge in [0, 0.05) is 25.2 Å². The average Bonchev–Trinajstić information content (AvgIpc) is 2.84. The fraction of sp³-hybridized carbons (Fsp3) is 0.714. The van der Waals surface area contributed by atoms with Crippen LogP contribution in [0.25, 0.3) is 0 Å². The molecule has 1 aliphatic carbocycles. The van der Waals surface area contributed by atoms with Crippen LogP contribution in [0.5, 0.6) is 0 Å². The Morgan fingerprint density at radius 2 is 1.81 bits per heavy atom. The molecule has 3 atom stereocenters. The zero-order chi connectivity index (χ0) is 19.5. The maximum atomic E-state index is 12.9. The molecule has 0 saturated carbocycles. The molecular formula is C21H30O5. The molecule has 0 bridgehead atoms. The Balaban J connectivity index is 2.25. The molecule has 0 spiro atoms. The highest BCUT2D eigenvalue weighted by Crippen LogP contribution is 2.48. The van der Waals surface area contributed by atoms with Crippen LogP contribution in [0.3, 0.4) is 0 Å². The predicted octanol–water partition coefficient (Wildman–Crippen LogP) is 3.73. The molecule has 0 radical (unpaired) electrons. The summed E-state index contributed by atoms with van der Waals surface area (Å²) in [4.78, 5) is 50.0. The first-order valence-electron chi connectivity index (χ1n) is 9.76. The van der Waals surface area contributed by atoms with Gasteiger partial charge in [0.15, 0.2) is 5.60 Å². The van der Waals surface area contributed by atoms with Crippen LogP contribution < -0.4 is 0 Å². The number of hydrogen-bond donors (Lipinski definition) is 0. The van der Waals surface area contributed by atoms with Crippen LogP contribution in [-0.2, 0) is 23.9 Å². The zero-order valence-corrected chi connectivity index (χ0v) is 16.4. The molecule has 2 rings (SSSR count). The van der Waals surface area contributed by atoms with E-state index in [1.807, 2.05) is 6.92 Å². The summed E-state index contributed by atoms with van der Waals surface area (Å²) >= 11 is 0. The van der Waals surface area contributed by atoms with E-state index < -0.39 is 23.4 Å². The van der Waals surface area contributed by atoms with Gasteiger partial charge in [0.05, 0.1) is 0 Å². The van der Waals surface area contributed by atoms with E-state index in [1.165, 1.54) is 0 Å². The number of carbonyl (C=O) groups is 4. The number of esters is 1. The number of ether oxygens (including phenoxy) is 1. The van der Waals surface area contributed by atoms with E-state index in [2.05, 4.69) is 6.92 Å². The molecule has 3 unspecified atom stereocenters. The molecule has 0 aromatic rings. The molecule has 0 aromatic heterocycles. The molecule has 1 heterocycles. The van der Waals surface area contributed by atoms with Crippen LogP contribution >= 0.6 is 0 Å². The van der Waals surface area contributed by atoms with Crippen molar-refractivity contribution in [3.63, 3.8) is 0 Å². The standard InChI is InChI=1S/C21H30O5/c1-5-7-8-10-17(23)18-16-12-14(11-15(22)9-6-2)13(3)19(24)21(16,4)26-20(18)25/h16,18H,5-12H2,1-4H3. The van der Waals surface area contributed by atoms with Gasteiger partial charge in [-0.05, 0) is 38.7 Å². The number of hydrogen-bond acceptors (Lipinski definition) is 5. The van der Waals surface area contributed by atoms with Crippen molar-refractivity contribution in [2.45, 2.75) is 84.7 Å². The van der Waals surface area contributed by atoms with Gasteiger partial charge < -0.3 is 4.74 Å².